The minimum Gasteiger partial charge on any atom is -0.488 e. The maximum absolute atomic E-state index is 13.1. The van der Waals surface area contributed by atoms with Gasteiger partial charge in [0, 0.05) is 17.1 Å². The van der Waals surface area contributed by atoms with Gasteiger partial charge in [-0.15, -0.1) is 0 Å². The van der Waals surface area contributed by atoms with E-state index in [2.05, 4.69) is 33.7 Å². The van der Waals surface area contributed by atoms with E-state index in [-0.39, 0.29) is 5.91 Å². The number of nitrogens with zero attached hydrogens (tertiary/aromatic N) is 3. The number of hydrogen-bond donors (Lipinski definition) is 0. The van der Waals surface area contributed by atoms with E-state index >= 15 is 0 Å². The average molecular weight is 614 g/mol. The molecule has 4 rings (SSSR count). The van der Waals surface area contributed by atoms with Crippen LogP contribution in [0.4, 0.5) is 5.69 Å². The van der Waals surface area contributed by atoms with Gasteiger partial charge >= 0.3 is 0 Å². The molecule has 1 fully saturated rings. The van der Waals surface area contributed by atoms with Crippen LogP contribution in [-0.2, 0) is 11.4 Å². The largest absolute Gasteiger partial charge is 0.488 e. The van der Waals surface area contributed by atoms with Crippen LogP contribution in [0.15, 0.2) is 76.6 Å². The summed E-state index contributed by atoms with van der Waals surface area (Å²) < 4.78 is 6.88. The van der Waals surface area contributed by atoms with E-state index in [1.54, 1.807) is 23.1 Å². The molecule has 0 unspecified atom stereocenters. The zero-order chi connectivity index (χ0) is 24.8. The normalized spacial score (nSPS) is 15.6. The summed E-state index contributed by atoms with van der Waals surface area (Å²) in [7, 11) is 0. The number of aliphatic imine (C=N–C) groups is 1. The Kier molecular flexibility index (Phi) is 8.50. The van der Waals surface area contributed by atoms with Crippen molar-refractivity contribution in [3.05, 3.63) is 96.9 Å². The summed E-state index contributed by atoms with van der Waals surface area (Å²) in [6, 6.07) is 22.6. The van der Waals surface area contributed by atoms with E-state index in [4.69, 9.17) is 16.3 Å². The standard InChI is InChI=1S/C27H21ClIN3O2S/c1-2-13-32-26(33)25(35-27(32)31-22-10-8-21(28)9-11-22)15-18-7-12-24(23(29)14-18)34-17-20-6-4-3-5-19(20)16-30/h3-12,14-15H,2,13,17H2,1H3/b25-15-,31-27?. The Morgan fingerprint density at radius 1 is 1.17 bits per heavy atom. The lowest BCUT2D eigenvalue weighted by Gasteiger charge is -2.14. The van der Waals surface area contributed by atoms with Crippen LogP contribution in [0.1, 0.15) is 30.0 Å². The number of carbonyl (C=O) groups is 1. The SMILES string of the molecule is CCCN1C(=O)/C(=C/c2ccc(OCc3ccccc3C#N)c(I)c2)SC1=Nc1ccc(Cl)cc1. The molecular formula is C27H21ClIN3O2S. The van der Waals surface area contributed by atoms with Gasteiger partial charge in [-0.3, -0.25) is 9.69 Å². The number of ether oxygens (including phenoxy) is 1. The number of thioether (sulfide) groups is 1. The van der Waals surface area contributed by atoms with Crippen molar-refractivity contribution in [1.82, 2.24) is 4.90 Å². The lowest BCUT2D eigenvalue weighted by atomic mass is 10.1. The first-order valence-electron chi connectivity index (χ1n) is 10.9. The predicted molar refractivity (Wildman–Crippen MR) is 151 cm³/mol. The minimum atomic E-state index is -0.0481. The highest BCUT2D eigenvalue weighted by Crippen LogP contribution is 2.35. The molecule has 0 aliphatic carbocycles. The Morgan fingerprint density at radius 3 is 2.66 bits per heavy atom. The molecule has 3 aromatic rings. The van der Waals surface area contributed by atoms with Crippen LogP contribution in [0, 0.1) is 14.9 Å². The monoisotopic (exact) mass is 613 g/mol. The molecule has 1 saturated heterocycles. The summed E-state index contributed by atoms with van der Waals surface area (Å²) in [5, 5.41) is 10.6. The molecule has 8 heteroatoms. The van der Waals surface area contributed by atoms with Crippen LogP contribution < -0.4 is 4.74 Å². The molecule has 0 spiro atoms. The number of amidine groups is 1. The molecule has 176 valence electrons. The first kappa shape index (κ1) is 25.3. The average Bonchev–Trinajstić information content (AvgIpc) is 3.14. The van der Waals surface area contributed by atoms with Gasteiger partial charge < -0.3 is 4.74 Å². The van der Waals surface area contributed by atoms with Gasteiger partial charge in [0.2, 0.25) is 0 Å². The number of hydrogen-bond acceptors (Lipinski definition) is 5. The fourth-order valence-electron chi connectivity index (χ4n) is 3.42. The summed E-state index contributed by atoms with van der Waals surface area (Å²) in [6.07, 6.45) is 2.72. The number of benzene rings is 3. The highest BCUT2D eigenvalue weighted by Gasteiger charge is 2.32. The van der Waals surface area contributed by atoms with Crippen molar-refractivity contribution in [2.75, 3.05) is 6.54 Å². The minimum absolute atomic E-state index is 0.0481. The maximum atomic E-state index is 13.1. The number of nitriles is 1. The second kappa shape index (κ2) is 11.8. The molecular weight excluding hydrogens is 593 g/mol. The Morgan fingerprint density at radius 2 is 1.94 bits per heavy atom. The van der Waals surface area contributed by atoms with E-state index in [1.807, 2.05) is 61.5 Å². The highest BCUT2D eigenvalue weighted by atomic mass is 127. The van der Waals surface area contributed by atoms with Gasteiger partial charge in [-0.05, 0) is 94.9 Å². The third-order valence-electron chi connectivity index (χ3n) is 5.16. The van der Waals surface area contributed by atoms with E-state index in [1.165, 1.54) is 11.8 Å². The van der Waals surface area contributed by atoms with Crippen molar-refractivity contribution in [1.29, 1.82) is 5.26 Å². The van der Waals surface area contributed by atoms with Crippen LogP contribution >= 0.6 is 46.0 Å². The number of rotatable bonds is 7. The first-order valence-corrected chi connectivity index (χ1v) is 13.2. The topological polar surface area (TPSA) is 65.7 Å². The van der Waals surface area contributed by atoms with Gasteiger partial charge in [-0.1, -0.05) is 42.8 Å². The number of amides is 1. The second-order valence-corrected chi connectivity index (χ2v) is 10.3. The van der Waals surface area contributed by atoms with Gasteiger partial charge in [0.1, 0.15) is 12.4 Å². The molecule has 1 heterocycles. The van der Waals surface area contributed by atoms with Crippen LogP contribution in [0.25, 0.3) is 6.08 Å². The van der Waals surface area contributed by atoms with E-state index in [0.717, 1.165) is 32.6 Å². The van der Waals surface area contributed by atoms with E-state index in [9.17, 15) is 10.1 Å². The second-order valence-electron chi connectivity index (χ2n) is 7.69. The lowest BCUT2D eigenvalue weighted by Crippen LogP contribution is -2.29. The summed E-state index contributed by atoms with van der Waals surface area (Å²) in [4.78, 5) is 20.1. The molecule has 0 bridgehead atoms. The molecule has 1 aliphatic rings. The van der Waals surface area contributed by atoms with Crippen molar-refractivity contribution < 1.29 is 9.53 Å². The van der Waals surface area contributed by atoms with Gasteiger partial charge in [0.15, 0.2) is 5.17 Å². The molecule has 5 nitrogen and oxygen atoms in total. The number of carbonyl (C=O) groups excluding carboxylic acids is 1. The molecule has 1 amide bonds. The van der Waals surface area contributed by atoms with Crippen LogP contribution in [0.3, 0.4) is 0 Å². The third kappa shape index (κ3) is 6.26. The molecule has 0 saturated carbocycles. The Hall–Kier alpha value is -2.80. The van der Waals surface area contributed by atoms with Gasteiger partial charge in [-0.25, -0.2) is 4.99 Å². The summed E-state index contributed by atoms with van der Waals surface area (Å²) in [5.74, 6) is 0.677. The summed E-state index contributed by atoms with van der Waals surface area (Å²) in [6.45, 7) is 2.95. The fourth-order valence-corrected chi connectivity index (χ4v) is 5.27. The smallest absolute Gasteiger partial charge is 0.266 e. The lowest BCUT2D eigenvalue weighted by molar-refractivity contribution is -0.122. The van der Waals surface area contributed by atoms with E-state index < -0.39 is 0 Å². The molecule has 0 radical (unpaired) electrons. The van der Waals surface area contributed by atoms with E-state index in [0.29, 0.717) is 33.8 Å². The number of halogens is 2. The highest BCUT2D eigenvalue weighted by molar-refractivity contribution is 14.1. The van der Waals surface area contributed by atoms with Gasteiger partial charge in [0.05, 0.1) is 25.8 Å². The van der Waals surface area contributed by atoms with Crippen molar-refractivity contribution in [2.45, 2.75) is 20.0 Å². The predicted octanol–water partition coefficient (Wildman–Crippen LogP) is 7.41. The fraction of sp³-hybridized carbons (Fsp3) is 0.148. The molecule has 0 N–H and O–H groups in total. The first-order chi connectivity index (χ1) is 17.0. The van der Waals surface area contributed by atoms with Crippen LogP contribution in [0.2, 0.25) is 5.02 Å². The van der Waals surface area contributed by atoms with Crippen molar-refractivity contribution in [2.24, 2.45) is 4.99 Å². The van der Waals surface area contributed by atoms with Crippen molar-refractivity contribution in [3.63, 3.8) is 0 Å². The van der Waals surface area contributed by atoms with Gasteiger partial charge in [0.25, 0.3) is 5.91 Å². The molecule has 0 aromatic heterocycles. The maximum Gasteiger partial charge on any atom is 0.266 e. The summed E-state index contributed by atoms with van der Waals surface area (Å²) in [5.41, 5.74) is 3.10. The Balaban J connectivity index is 1.53. The Labute approximate surface area is 227 Å². The zero-order valence-corrected chi connectivity index (χ0v) is 22.6. The van der Waals surface area contributed by atoms with Crippen molar-refractivity contribution in [3.8, 4) is 11.8 Å². The van der Waals surface area contributed by atoms with Crippen molar-refractivity contribution >= 4 is 68.8 Å². The van der Waals surface area contributed by atoms with Gasteiger partial charge in [-0.2, -0.15) is 5.26 Å². The molecule has 0 atom stereocenters. The van der Waals surface area contributed by atoms with Crippen LogP contribution in [-0.4, -0.2) is 22.5 Å². The quantitative estimate of drug-likeness (QED) is 0.206. The molecule has 35 heavy (non-hydrogen) atoms. The Bertz CT molecular complexity index is 1350. The third-order valence-corrected chi connectivity index (χ3v) is 7.26. The summed E-state index contributed by atoms with van der Waals surface area (Å²) >= 11 is 9.58. The van der Waals surface area contributed by atoms with Crippen LogP contribution in [0.5, 0.6) is 5.75 Å². The zero-order valence-electron chi connectivity index (χ0n) is 18.9. The molecule has 3 aromatic carbocycles. The molecule has 1 aliphatic heterocycles.